The van der Waals surface area contributed by atoms with Crippen LogP contribution < -0.4 is 10.1 Å². The highest BCUT2D eigenvalue weighted by atomic mass is 16.5. The van der Waals surface area contributed by atoms with Gasteiger partial charge in [-0.2, -0.15) is 0 Å². The van der Waals surface area contributed by atoms with Crippen LogP contribution in [0.5, 0.6) is 5.75 Å². The van der Waals surface area contributed by atoms with Crippen LogP contribution in [0.2, 0.25) is 0 Å². The van der Waals surface area contributed by atoms with Crippen LogP contribution in [0, 0.1) is 0 Å². The molecule has 0 bridgehead atoms. The molecule has 2 aromatic rings. The minimum absolute atomic E-state index is 0.0414. The van der Waals surface area contributed by atoms with Gasteiger partial charge in [0.25, 0.3) is 5.91 Å². The Morgan fingerprint density at radius 2 is 1.67 bits per heavy atom. The summed E-state index contributed by atoms with van der Waals surface area (Å²) in [5.74, 6) is 0.256. The Kier molecular flexibility index (Phi) is 8.13. The Bertz CT molecular complexity index is 947. The van der Waals surface area contributed by atoms with Crippen molar-refractivity contribution in [1.29, 1.82) is 0 Å². The van der Waals surface area contributed by atoms with E-state index in [-0.39, 0.29) is 18.2 Å². The molecule has 33 heavy (non-hydrogen) atoms. The van der Waals surface area contributed by atoms with E-state index in [4.69, 9.17) is 4.74 Å². The number of hydrogen-bond donors (Lipinski definition) is 1. The molecule has 1 N–H and O–H groups in total. The number of likely N-dealkylation sites (tertiary alicyclic amines) is 2. The van der Waals surface area contributed by atoms with Crippen molar-refractivity contribution in [3.63, 3.8) is 0 Å². The van der Waals surface area contributed by atoms with Gasteiger partial charge < -0.3 is 15.0 Å². The lowest BCUT2D eigenvalue weighted by Gasteiger charge is -2.40. The number of carbonyl (C=O) groups excluding carboxylic acids is 2. The Morgan fingerprint density at radius 1 is 0.939 bits per heavy atom. The first-order valence-electron chi connectivity index (χ1n) is 12.1. The van der Waals surface area contributed by atoms with Gasteiger partial charge in [0.2, 0.25) is 0 Å². The molecular weight excluding hydrogens is 414 g/mol. The van der Waals surface area contributed by atoms with Gasteiger partial charge in [-0.15, -0.1) is 0 Å². The minimum atomic E-state index is -0.225. The smallest absolute Gasteiger partial charge is 0.251 e. The highest BCUT2D eigenvalue weighted by molar-refractivity contribution is 6.02. The molecule has 0 aromatic heterocycles. The average Bonchev–Trinajstić information content (AvgIpc) is 2.88. The van der Waals surface area contributed by atoms with Crippen LogP contribution in [-0.4, -0.2) is 67.4 Å². The van der Waals surface area contributed by atoms with E-state index >= 15 is 0 Å². The Balaban J connectivity index is 1.26. The highest BCUT2D eigenvalue weighted by Gasteiger charge is 2.25. The van der Waals surface area contributed by atoms with Crippen LogP contribution in [-0.2, 0) is 6.54 Å². The van der Waals surface area contributed by atoms with E-state index in [9.17, 15) is 9.59 Å². The summed E-state index contributed by atoms with van der Waals surface area (Å²) in [5, 5.41) is 2.76. The number of methoxy groups -OCH3 is 1. The van der Waals surface area contributed by atoms with E-state index in [0.717, 1.165) is 31.2 Å². The standard InChI is InChI=1S/C27H35N3O3/c1-33-25-10-6-8-22(18-25)26(31)19-28-27(32)23-9-5-7-21(17-23)20-29-15-11-24(12-16-29)30-13-3-2-4-14-30/h5-10,17-18,24H,2-4,11-16,19-20H2,1H3,(H,28,32). The number of ether oxygens (including phenoxy) is 1. The molecule has 0 saturated carbocycles. The summed E-state index contributed by atoms with van der Waals surface area (Å²) in [5.41, 5.74) is 2.25. The molecule has 6 heteroatoms. The summed E-state index contributed by atoms with van der Waals surface area (Å²) < 4.78 is 5.17. The zero-order valence-corrected chi connectivity index (χ0v) is 19.6. The van der Waals surface area contributed by atoms with E-state index in [2.05, 4.69) is 21.2 Å². The number of hydrogen-bond acceptors (Lipinski definition) is 5. The first-order chi connectivity index (χ1) is 16.1. The molecule has 2 aromatic carbocycles. The van der Waals surface area contributed by atoms with E-state index in [1.54, 1.807) is 37.4 Å². The Morgan fingerprint density at radius 3 is 2.42 bits per heavy atom. The second-order valence-electron chi connectivity index (χ2n) is 9.14. The maximum Gasteiger partial charge on any atom is 0.251 e. The summed E-state index contributed by atoms with van der Waals surface area (Å²) >= 11 is 0. The maximum absolute atomic E-state index is 12.7. The number of nitrogens with zero attached hydrogens (tertiary/aromatic N) is 2. The molecular formula is C27H35N3O3. The zero-order chi connectivity index (χ0) is 23.0. The van der Waals surface area contributed by atoms with Gasteiger partial charge in [-0.05, 0) is 81.7 Å². The van der Waals surface area contributed by atoms with Crippen molar-refractivity contribution >= 4 is 11.7 Å². The maximum atomic E-state index is 12.7. The fraction of sp³-hybridized carbons (Fsp3) is 0.481. The fourth-order valence-electron chi connectivity index (χ4n) is 4.96. The van der Waals surface area contributed by atoms with Gasteiger partial charge in [0.1, 0.15) is 5.75 Å². The van der Waals surface area contributed by atoms with E-state index < -0.39 is 0 Å². The number of ketones is 1. The largest absolute Gasteiger partial charge is 0.497 e. The molecule has 2 fully saturated rings. The van der Waals surface area contributed by atoms with Crippen molar-refractivity contribution in [2.45, 2.75) is 44.7 Å². The third-order valence-corrected chi connectivity index (χ3v) is 6.86. The summed E-state index contributed by atoms with van der Waals surface area (Å²) in [6.45, 7) is 5.56. The van der Waals surface area contributed by atoms with Crippen LogP contribution in [0.4, 0.5) is 0 Å². The molecule has 2 aliphatic rings. The van der Waals surface area contributed by atoms with Crippen LogP contribution in [0.3, 0.4) is 0 Å². The first kappa shape index (κ1) is 23.5. The van der Waals surface area contributed by atoms with Gasteiger partial charge in [-0.25, -0.2) is 0 Å². The molecule has 4 rings (SSSR count). The predicted molar refractivity (Wildman–Crippen MR) is 130 cm³/mol. The van der Waals surface area contributed by atoms with Crippen LogP contribution in [0.15, 0.2) is 48.5 Å². The van der Waals surface area contributed by atoms with Gasteiger partial charge in [0, 0.05) is 23.7 Å². The Labute approximate surface area is 196 Å². The summed E-state index contributed by atoms with van der Waals surface area (Å²) in [7, 11) is 1.56. The van der Waals surface area contributed by atoms with E-state index in [1.807, 2.05) is 12.1 Å². The van der Waals surface area contributed by atoms with Crippen LogP contribution in [0.1, 0.15) is 58.4 Å². The third-order valence-electron chi connectivity index (χ3n) is 6.86. The van der Waals surface area contributed by atoms with Crippen molar-refractivity contribution in [3.05, 3.63) is 65.2 Å². The van der Waals surface area contributed by atoms with Gasteiger partial charge >= 0.3 is 0 Å². The first-order valence-corrected chi connectivity index (χ1v) is 12.1. The average molecular weight is 450 g/mol. The van der Waals surface area contributed by atoms with E-state index in [0.29, 0.717) is 16.9 Å². The predicted octanol–water partition coefficient (Wildman–Crippen LogP) is 3.76. The lowest BCUT2D eigenvalue weighted by atomic mass is 9.99. The van der Waals surface area contributed by atoms with Crippen LogP contribution >= 0.6 is 0 Å². The number of rotatable bonds is 8. The van der Waals surface area contributed by atoms with Crippen molar-refractivity contribution < 1.29 is 14.3 Å². The summed E-state index contributed by atoms with van der Waals surface area (Å²) in [6.07, 6.45) is 6.54. The fourth-order valence-corrected chi connectivity index (χ4v) is 4.96. The highest BCUT2D eigenvalue weighted by Crippen LogP contribution is 2.22. The van der Waals surface area contributed by atoms with Crippen molar-refractivity contribution in [2.75, 3.05) is 39.8 Å². The van der Waals surface area contributed by atoms with Gasteiger partial charge in [-0.1, -0.05) is 30.7 Å². The minimum Gasteiger partial charge on any atom is -0.497 e. The van der Waals surface area contributed by atoms with Gasteiger partial charge in [0.05, 0.1) is 13.7 Å². The number of nitrogens with one attached hydrogen (secondary N) is 1. The van der Waals surface area contributed by atoms with Crippen LogP contribution in [0.25, 0.3) is 0 Å². The summed E-state index contributed by atoms with van der Waals surface area (Å²) in [6, 6.07) is 15.5. The number of amides is 1. The summed E-state index contributed by atoms with van der Waals surface area (Å²) in [4.78, 5) is 30.3. The molecule has 2 heterocycles. The Hall–Kier alpha value is -2.70. The molecule has 2 saturated heterocycles. The normalized spacial score (nSPS) is 18.1. The van der Waals surface area contributed by atoms with Crippen molar-refractivity contribution in [2.24, 2.45) is 0 Å². The molecule has 0 aliphatic carbocycles. The molecule has 2 aliphatic heterocycles. The third kappa shape index (κ3) is 6.42. The molecule has 176 valence electrons. The number of benzene rings is 2. The zero-order valence-electron chi connectivity index (χ0n) is 19.6. The molecule has 6 nitrogen and oxygen atoms in total. The van der Waals surface area contributed by atoms with E-state index in [1.165, 1.54) is 45.2 Å². The number of piperidine rings is 2. The van der Waals surface area contributed by atoms with Crippen molar-refractivity contribution in [3.8, 4) is 5.75 Å². The lowest BCUT2D eigenvalue weighted by Crippen LogP contribution is -2.46. The van der Waals surface area contributed by atoms with Gasteiger partial charge in [-0.3, -0.25) is 14.5 Å². The second-order valence-corrected chi connectivity index (χ2v) is 9.14. The number of carbonyl (C=O) groups is 2. The molecule has 0 radical (unpaired) electrons. The monoisotopic (exact) mass is 449 g/mol. The SMILES string of the molecule is COc1cccc(C(=O)CNC(=O)c2cccc(CN3CCC(N4CCCCC4)CC3)c2)c1. The van der Waals surface area contributed by atoms with Gasteiger partial charge in [0.15, 0.2) is 5.78 Å². The topological polar surface area (TPSA) is 61.9 Å². The second kappa shape index (κ2) is 11.4. The molecule has 1 amide bonds. The van der Waals surface area contributed by atoms with Crippen molar-refractivity contribution in [1.82, 2.24) is 15.1 Å². The number of Topliss-reactive ketones (excluding diaryl/α,β-unsaturated/α-hetero) is 1. The molecule has 0 spiro atoms. The lowest BCUT2D eigenvalue weighted by molar-refractivity contribution is 0.0893. The molecule has 0 unspecified atom stereocenters. The quantitative estimate of drug-likeness (QED) is 0.622. The molecule has 0 atom stereocenters.